The summed E-state index contributed by atoms with van der Waals surface area (Å²) in [7, 11) is 1.30. The summed E-state index contributed by atoms with van der Waals surface area (Å²) in [4.78, 5) is 6.81. The highest BCUT2D eigenvalue weighted by molar-refractivity contribution is 7.85. The van der Waals surface area contributed by atoms with Crippen molar-refractivity contribution in [1.29, 1.82) is 0 Å². The van der Waals surface area contributed by atoms with Crippen LogP contribution in [0.25, 0.3) is 10.9 Å². The van der Waals surface area contributed by atoms with Crippen molar-refractivity contribution in [3.05, 3.63) is 65.9 Å². The highest BCUT2D eigenvalue weighted by Gasteiger charge is 2.22. The average Bonchev–Trinajstić information content (AvgIpc) is 3.27. The number of H-pyrrole nitrogens is 1. The zero-order valence-corrected chi connectivity index (χ0v) is 16.1. The molecule has 2 unspecified atom stereocenters. The largest absolute Gasteiger partial charge is 0.361 e. The summed E-state index contributed by atoms with van der Waals surface area (Å²) in [6.45, 7) is 1.21. The van der Waals surface area contributed by atoms with Crippen molar-refractivity contribution in [2.24, 2.45) is 0 Å². The summed E-state index contributed by atoms with van der Waals surface area (Å²) in [5, 5.41) is 1.33. The molecule has 1 aromatic heterocycles. The van der Waals surface area contributed by atoms with Crippen LogP contribution in [0.3, 0.4) is 0 Å². The highest BCUT2D eigenvalue weighted by atomic mass is 32.2. The second-order valence-electron chi connectivity index (χ2n) is 7.29. The minimum atomic E-state index is -0.936. The molecule has 0 bridgehead atoms. The number of rotatable bonds is 6. The van der Waals surface area contributed by atoms with E-state index < -0.39 is 10.8 Å². The number of aromatic nitrogens is 1. The Labute approximate surface area is 157 Å². The van der Waals surface area contributed by atoms with Crippen LogP contribution in [0.5, 0.6) is 0 Å². The van der Waals surface area contributed by atoms with Gasteiger partial charge >= 0.3 is 0 Å². The van der Waals surface area contributed by atoms with Gasteiger partial charge in [0.2, 0.25) is 0 Å². The molecule has 2 heterocycles. The van der Waals surface area contributed by atoms with Crippen LogP contribution in [0.15, 0.2) is 59.6 Å². The molecule has 1 aliphatic heterocycles. The number of nitrogens with one attached hydrogen (secondary N) is 1. The van der Waals surface area contributed by atoms with Crippen LogP contribution in [0, 0.1) is 0 Å². The summed E-state index contributed by atoms with van der Waals surface area (Å²) in [5.74, 6) is 0.667. The third kappa shape index (κ3) is 3.76. The van der Waals surface area contributed by atoms with Crippen molar-refractivity contribution in [2.45, 2.75) is 36.6 Å². The second kappa shape index (κ2) is 7.77. The molecule has 26 heavy (non-hydrogen) atoms. The van der Waals surface area contributed by atoms with Gasteiger partial charge in [-0.15, -0.1) is 0 Å². The van der Waals surface area contributed by atoms with E-state index in [4.69, 9.17) is 0 Å². The van der Waals surface area contributed by atoms with Crippen LogP contribution >= 0.6 is 0 Å². The SMILES string of the molecule is CN1CCCC1Cc1c[nH]c2ccc(CCS(=O)c3ccccc3)cc12. The van der Waals surface area contributed by atoms with Crippen LogP contribution < -0.4 is 0 Å². The maximum atomic E-state index is 12.5. The standard InChI is InChI=1S/C22H26N2OS/c1-24-12-5-6-19(24)15-18-16-23-22-10-9-17(14-21(18)22)11-13-26(25)20-7-3-2-4-8-20/h2-4,7-10,14,16,19,23H,5-6,11-13,15H2,1H3. The fourth-order valence-electron chi connectivity index (χ4n) is 3.94. The molecule has 0 saturated carbocycles. The van der Waals surface area contributed by atoms with Crippen molar-refractivity contribution in [3.63, 3.8) is 0 Å². The molecule has 3 aromatic rings. The fourth-order valence-corrected chi connectivity index (χ4v) is 5.06. The molecule has 0 radical (unpaired) electrons. The molecular weight excluding hydrogens is 340 g/mol. The lowest BCUT2D eigenvalue weighted by atomic mass is 10.0. The van der Waals surface area contributed by atoms with Gasteiger partial charge in [-0.25, -0.2) is 0 Å². The molecular formula is C22H26N2OS. The summed E-state index contributed by atoms with van der Waals surface area (Å²) in [6.07, 6.45) is 6.71. The number of aromatic amines is 1. The van der Waals surface area contributed by atoms with Gasteiger partial charge in [0.05, 0.1) is 10.8 Å². The molecule has 136 valence electrons. The van der Waals surface area contributed by atoms with Crippen LogP contribution in [0.2, 0.25) is 0 Å². The molecule has 0 aliphatic carbocycles. The molecule has 4 rings (SSSR count). The lowest BCUT2D eigenvalue weighted by molar-refractivity contribution is 0.310. The zero-order valence-electron chi connectivity index (χ0n) is 15.3. The van der Waals surface area contributed by atoms with E-state index in [1.54, 1.807) is 0 Å². The van der Waals surface area contributed by atoms with Gasteiger partial charge in [0.25, 0.3) is 0 Å². The van der Waals surface area contributed by atoms with E-state index in [1.807, 2.05) is 30.3 Å². The predicted octanol–water partition coefficient (Wildman–Crippen LogP) is 4.15. The van der Waals surface area contributed by atoms with Crippen LogP contribution in [-0.4, -0.2) is 39.5 Å². The number of hydrogen-bond donors (Lipinski definition) is 1. The van der Waals surface area contributed by atoms with Crippen molar-refractivity contribution in [2.75, 3.05) is 19.3 Å². The Bertz CT molecular complexity index is 903. The second-order valence-corrected chi connectivity index (χ2v) is 8.86. The number of aryl methyl sites for hydroxylation is 1. The third-order valence-electron chi connectivity index (χ3n) is 5.54. The Kier molecular flexibility index (Phi) is 5.23. The number of fused-ring (bicyclic) bond motifs is 1. The number of likely N-dealkylation sites (N-methyl/N-ethyl adjacent to an activating group) is 1. The van der Waals surface area contributed by atoms with Gasteiger partial charge in [-0.3, -0.25) is 4.21 Å². The van der Waals surface area contributed by atoms with Crippen molar-refractivity contribution in [3.8, 4) is 0 Å². The van der Waals surface area contributed by atoms with Gasteiger partial charge < -0.3 is 9.88 Å². The molecule has 0 amide bonds. The van der Waals surface area contributed by atoms with E-state index >= 15 is 0 Å². The molecule has 2 aromatic carbocycles. The lowest BCUT2D eigenvalue weighted by Gasteiger charge is -2.18. The molecule has 1 saturated heterocycles. The smallest absolute Gasteiger partial charge is 0.0532 e. The first-order chi connectivity index (χ1) is 12.7. The first-order valence-corrected chi connectivity index (χ1v) is 10.7. The first-order valence-electron chi connectivity index (χ1n) is 9.43. The zero-order chi connectivity index (χ0) is 17.9. The Morgan fingerprint density at radius 1 is 1.19 bits per heavy atom. The summed E-state index contributed by atoms with van der Waals surface area (Å²) >= 11 is 0. The van der Waals surface area contributed by atoms with Gasteiger partial charge in [0.15, 0.2) is 0 Å². The first kappa shape index (κ1) is 17.5. The van der Waals surface area contributed by atoms with E-state index in [0.717, 1.165) is 17.7 Å². The van der Waals surface area contributed by atoms with Crippen LogP contribution in [0.4, 0.5) is 0 Å². The summed E-state index contributed by atoms with van der Waals surface area (Å²) < 4.78 is 12.5. The lowest BCUT2D eigenvalue weighted by Crippen LogP contribution is -2.26. The topological polar surface area (TPSA) is 36.1 Å². The molecule has 2 atom stereocenters. The Morgan fingerprint density at radius 3 is 2.81 bits per heavy atom. The van der Waals surface area contributed by atoms with Crippen LogP contribution in [-0.2, 0) is 23.6 Å². The quantitative estimate of drug-likeness (QED) is 0.711. The molecule has 1 aliphatic rings. The minimum Gasteiger partial charge on any atom is -0.361 e. The third-order valence-corrected chi connectivity index (χ3v) is 6.91. The van der Waals surface area contributed by atoms with E-state index in [2.05, 4.69) is 41.3 Å². The molecule has 4 heteroatoms. The molecule has 1 fully saturated rings. The number of benzene rings is 2. The summed E-state index contributed by atoms with van der Waals surface area (Å²) in [6, 6.07) is 17.0. The van der Waals surface area contributed by atoms with Crippen LogP contribution in [0.1, 0.15) is 24.0 Å². The predicted molar refractivity (Wildman–Crippen MR) is 109 cm³/mol. The molecule has 0 spiro atoms. The Hall–Kier alpha value is -1.91. The highest BCUT2D eigenvalue weighted by Crippen LogP contribution is 2.26. The van der Waals surface area contributed by atoms with E-state index in [9.17, 15) is 4.21 Å². The van der Waals surface area contributed by atoms with E-state index in [1.165, 1.54) is 41.4 Å². The van der Waals surface area contributed by atoms with Gasteiger partial charge in [-0.1, -0.05) is 24.3 Å². The number of likely N-dealkylation sites (tertiary alicyclic amines) is 1. The summed E-state index contributed by atoms with van der Waals surface area (Å²) in [5.41, 5.74) is 3.88. The minimum absolute atomic E-state index is 0.656. The average molecular weight is 367 g/mol. The fraction of sp³-hybridized carbons (Fsp3) is 0.364. The van der Waals surface area contributed by atoms with E-state index in [-0.39, 0.29) is 0 Å². The van der Waals surface area contributed by atoms with Gasteiger partial charge in [-0.05, 0) is 74.7 Å². The van der Waals surface area contributed by atoms with Crippen molar-refractivity contribution < 1.29 is 4.21 Å². The Morgan fingerprint density at radius 2 is 2.04 bits per heavy atom. The van der Waals surface area contributed by atoms with E-state index in [0.29, 0.717) is 11.8 Å². The number of hydrogen-bond acceptors (Lipinski definition) is 2. The molecule has 1 N–H and O–H groups in total. The monoisotopic (exact) mass is 366 g/mol. The number of nitrogens with zero attached hydrogens (tertiary/aromatic N) is 1. The maximum absolute atomic E-state index is 12.5. The Balaban J connectivity index is 1.48. The van der Waals surface area contributed by atoms with Gasteiger partial charge in [-0.2, -0.15) is 0 Å². The van der Waals surface area contributed by atoms with Crippen molar-refractivity contribution >= 4 is 21.7 Å². The van der Waals surface area contributed by atoms with Gasteiger partial charge in [0.1, 0.15) is 0 Å². The molecule has 3 nitrogen and oxygen atoms in total. The van der Waals surface area contributed by atoms with Gasteiger partial charge in [0, 0.05) is 33.8 Å². The van der Waals surface area contributed by atoms with Crippen molar-refractivity contribution in [1.82, 2.24) is 9.88 Å². The normalized spacial score (nSPS) is 19.2. The maximum Gasteiger partial charge on any atom is 0.0532 e.